The van der Waals surface area contributed by atoms with Crippen LogP contribution in [0.15, 0.2) is 4.79 Å². The zero-order valence-corrected chi connectivity index (χ0v) is 7.86. The van der Waals surface area contributed by atoms with E-state index in [4.69, 9.17) is 5.11 Å². The van der Waals surface area contributed by atoms with Crippen LogP contribution >= 0.6 is 0 Å². The smallest absolute Gasteiger partial charge is 0.355 e. The van der Waals surface area contributed by atoms with Gasteiger partial charge in [0.15, 0.2) is 5.69 Å². The Hall–Kier alpha value is -1.69. The Kier molecular flexibility index (Phi) is 2.28. The number of hydrogen-bond acceptors (Lipinski definition) is 4. The first-order chi connectivity index (χ1) is 7.09. The second-order valence-electron chi connectivity index (χ2n) is 3.50. The van der Waals surface area contributed by atoms with Gasteiger partial charge in [0.05, 0.1) is 6.10 Å². The molecule has 1 heterocycles. The van der Waals surface area contributed by atoms with Crippen molar-refractivity contribution in [2.75, 3.05) is 0 Å². The van der Waals surface area contributed by atoms with Crippen molar-refractivity contribution in [1.29, 1.82) is 0 Å². The number of carboxylic acid groups (broad SMARTS) is 1. The van der Waals surface area contributed by atoms with Gasteiger partial charge in [0.2, 0.25) is 0 Å². The summed E-state index contributed by atoms with van der Waals surface area (Å²) in [6.45, 7) is 0. The lowest BCUT2D eigenvalue weighted by Crippen LogP contribution is -2.25. The minimum absolute atomic E-state index is 0.258. The third-order valence-corrected chi connectivity index (χ3v) is 2.49. The molecular formula is C9H10N2O4. The molecule has 0 fully saturated rings. The number of aromatic nitrogens is 2. The number of rotatable bonds is 1. The number of fused-ring (bicyclic) bond motifs is 1. The van der Waals surface area contributed by atoms with E-state index in [1.54, 1.807) is 0 Å². The predicted molar refractivity (Wildman–Crippen MR) is 49.7 cm³/mol. The second kappa shape index (κ2) is 3.47. The van der Waals surface area contributed by atoms with Gasteiger partial charge in [-0.3, -0.25) is 0 Å². The average molecular weight is 210 g/mol. The number of aliphatic hydroxyl groups excluding tert-OH is 1. The molecule has 0 spiro atoms. The maximum Gasteiger partial charge on any atom is 0.355 e. The van der Waals surface area contributed by atoms with Crippen LogP contribution in [0.2, 0.25) is 0 Å². The Morgan fingerprint density at radius 2 is 2.27 bits per heavy atom. The quantitative estimate of drug-likeness (QED) is 0.597. The summed E-state index contributed by atoms with van der Waals surface area (Å²) in [4.78, 5) is 27.7. The van der Waals surface area contributed by atoms with Crippen molar-refractivity contribution in [3.05, 3.63) is 27.4 Å². The molecule has 0 amide bonds. The van der Waals surface area contributed by atoms with Gasteiger partial charge in [-0.1, -0.05) is 0 Å². The molecule has 0 aromatic carbocycles. The van der Waals surface area contributed by atoms with Gasteiger partial charge in [-0.25, -0.2) is 9.59 Å². The first-order valence-electron chi connectivity index (χ1n) is 4.64. The molecule has 15 heavy (non-hydrogen) atoms. The van der Waals surface area contributed by atoms with Crippen LogP contribution in [0, 0.1) is 0 Å². The molecule has 1 aliphatic carbocycles. The van der Waals surface area contributed by atoms with Crippen LogP contribution in [0.4, 0.5) is 0 Å². The van der Waals surface area contributed by atoms with E-state index in [0.717, 1.165) is 6.42 Å². The number of nitrogens with one attached hydrogen (secondary N) is 1. The van der Waals surface area contributed by atoms with E-state index < -0.39 is 17.8 Å². The summed E-state index contributed by atoms with van der Waals surface area (Å²) in [5.74, 6) is -1.28. The standard InChI is InChI=1S/C9H10N2O4/c12-5-3-1-2-4-6(5)7(8(13)14)11-9(15)10-4/h5,12H,1-3H2,(H,13,14)(H,10,11,15). The number of nitrogens with zero attached hydrogens (tertiary/aromatic N) is 1. The summed E-state index contributed by atoms with van der Waals surface area (Å²) in [7, 11) is 0. The van der Waals surface area contributed by atoms with Crippen LogP contribution in [0.25, 0.3) is 0 Å². The van der Waals surface area contributed by atoms with Crippen LogP contribution in [0.1, 0.15) is 40.7 Å². The summed E-state index contributed by atoms with van der Waals surface area (Å²) in [5.41, 5.74) is -0.263. The molecule has 6 heteroatoms. The zero-order chi connectivity index (χ0) is 11.0. The van der Waals surface area contributed by atoms with E-state index in [1.807, 2.05) is 0 Å². The van der Waals surface area contributed by atoms with Gasteiger partial charge in [0, 0.05) is 11.3 Å². The Balaban J connectivity index is 2.69. The van der Waals surface area contributed by atoms with Gasteiger partial charge in [-0.05, 0) is 19.3 Å². The second-order valence-corrected chi connectivity index (χ2v) is 3.50. The largest absolute Gasteiger partial charge is 0.476 e. The van der Waals surface area contributed by atoms with Crippen molar-refractivity contribution in [2.45, 2.75) is 25.4 Å². The molecule has 0 aliphatic heterocycles. The average Bonchev–Trinajstić information content (AvgIpc) is 2.16. The minimum atomic E-state index is -1.28. The maximum atomic E-state index is 11.1. The molecule has 0 bridgehead atoms. The summed E-state index contributed by atoms with van der Waals surface area (Å²) in [6, 6.07) is 0. The Labute approximate surface area is 84.6 Å². The molecule has 1 atom stereocenters. The topological polar surface area (TPSA) is 103 Å². The first kappa shape index (κ1) is 9.85. The molecule has 0 saturated heterocycles. The summed E-state index contributed by atoms with van der Waals surface area (Å²) < 4.78 is 0. The SMILES string of the molecule is O=C(O)c1nc(=O)[nH]c2c1C(O)CCC2. The Bertz CT molecular complexity index is 466. The number of aliphatic hydroxyl groups is 1. The Morgan fingerprint density at radius 1 is 1.53 bits per heavy atom. The zero-order valence-electron chi connectivity index (χ0n) is 7.86. The maximum absolute atomic E-state index is 11.1. The van der Waals surface area contributed by atoms with E-state index in [9.17, 15) is 14.7 Å². The number of hydrogen-bond donors (Lipinski definition) is 3. The van der Waals surface area contributed by atoms with Gasteiger partial charge in [0.25, 0.3) is 0 Å². The fourth-order valence-electron chi connectivity index (χ4n) is 1.86. The molecule has 6 nitrogen and oxygen atoms in total. The first-order valence-corrected chi connectivity index (χ1v) is 4.64. The molecule has 1 aliphatic rings. The summed E-state index contributed by atoms with van der Waals surface area (Å²) in [6.07, 6.45) is 0.961. The van der Waals surface area contributed by atoms with Crippen molar-refractivity contribution >= 4 is 5.97 Å². The molecule has 3 N–H and O–H groups in total. The van der Waals surface area contributed by atoms with Gasteiger partial charge in [-0.15, -0.1) is 0 Å². The van der Waals surface area contributed by atoms with Crippen LogP contribution in [0.5, 0.6) is 0 Å². The lowest BCUT2D eigenvalue weighted by Gasteiger charge is -2.21. The van der Waals surface area contributed by atoms with Gasteiger partial charge in [-0.2, -0.15) is 4.98 Å². The summed E-state index contributed by atoms with van der Waals surface area (Å²) in [5, 5.41) is 18.5. The van der Waals surface area contributed by atoms with E-state index in [0.29, 0.717) is 18.5 Å². The molecular weight excluding hydrogens is 200 g/mol. The molecule has 0 radical (unpaired) electrons. The van der Waals surface area contributed by atoms with E-state index in [-0.39, 0.29) is 11.3 Å². The van der Waals surface area contributed by atoms with Gasteiger partial charge >= 0.3 is 11.7 Å². The van der Waals surface area contributed by atoms with Crippen molar-refractivity contribution in [3.63, 3.8) is 0 Å². The molecule has 0 saturated carbocycles. The molecule has 1 aromatic heterocycles. The van der Waals surface area contributed by atoms with Crippen LogP contribution in [-0.2, 0) is 6.42 Å². The van der Waals surface area contributed by atoms with Gasteiger partial charge in [0.1, 0.15) is 0 Å². The van der Waals surface area contributed by atoms with Crippen molar-refractivity contribution in [3.8, 4) is 0 Å². The van der Waals surface area contributed by atoms with Crippen molar-refractivity contribution < 1.29 is 15.0 Å². The Morgan fingerprint density at radius 3 is 2.93 bits per heavy atom. The van der Waals surface area contributed by atoms with Gasteiger partial charge < -0.3 is 15.2 Å². The third-order valence-electron chi connectivity index (χ3n) is 2.49. The number of aromatic carboxylic acids is 1. The fourth-order valence-corrected chi connectivity index (χ4v) is 1.86. The molecule has 1 unspecified atom stereocenters. The highest BCUT2D eigenvalue weighted by Gasteiger charge is 2.26. The van der Waals surface area contributed by atoms with Crippen LogP contribution in [0.3, 0.4) is 0 Å². The number of aryl methyl sites for hydroxylation is 1. The van der Waals surface area contributed by atoms with Crippen molar-refractivity contribution in [2.24, 2.45) is 0 Å². The normalized spacial score (nSPS) is 19.7. The highest BCUT2D eigenvalue weighted by Crippen LogP contribution is 2.29. The van der Waals surface area contributed by atoms with E-state index in [1.165, 1.54) is 0 Å². The fraction of sp³-hybridized carbons (Fsp3) is 0.444. The molecule has 2 rings (SSSR count). The number of carboxylic acids is 1. The number of carbonyl (C=O) groups is 1. The van der Waals surface area contributed by atoms with E-state index in [2.05, 4.69) is 9.97 Å². The third kappa shape index (κ3) is 1.63. The highest BCUT2D eigenvalue weighted by atomic mass is 16.4. The number of H-pyrrole nitrogens is 1. The van der Waals surface area contributed by atoms with E-state index >= 15 is 0 Å². The summed E-state index contributed by atoms with van der Waals surface area (Å²) >= 11 is 0. The predicted octanol–water partition coefficient (Wildman–Crippen LogP) is -0.162. The van der Waals surface area contributed by atoms with Crippen molar-refractivity contribution in [1.82, 2.24) is 9.97 Å². The number of aromatic amines is 1. The van der Waals surface area contributed by atoms with Crippen LogP contribution < -0.4 is 5.69 Å². The molecule has 80 valence electrons. The molecule has 1 aromatic rings. The monoisotopic (exact) mass is 210 g/mol. The lowest BCUT2D eigenvalue weighted by atomic mass is 9.92. The van der Waals surface area contributed by atoms with Crippen LogP contribution in [-0.4, -0.2) is 26.2 Å². The minimum Gasteiger partial charge on any atom is -0.476 e. The highest BCUT2D eigenvalue weighted by molar-refractivity contribution is 5.87. The lowest BCUT2D eigenvalue weighted by molar-refractivity contribution is 0.0677.